The summed E-state index contributed by atoms with van der Waals surface area (Å²) < 4.78 is 32.4. The molecule has 11 heteroatoms. The molecule has 338 valence electrons. The van der Waals surface area contributed by atoms with Crippen LogP contribution in [-0.2, 0) is 42.8 Å². The van der Waals surface area contributed by atoms with Crippen molar-refractivity contribution in [3.63, 3.8) is 0 Å². The molecule has 7 atom stereocenters. The molecular formula is C45H93NO10. The Morgan fingerprint density at radius 3 is 1.57 bits per heavy atom. The number of aliphatic hydroxyl groups excluding tert-OH is 1. The average molecular weight is 808 g/mol. The van der Waals surface area contributed by atoms with Gasteiger partial charge in [-0.05, 0) is 37.5 Å². The molecule has 4 fully saturated rings. The highest BCUT2D eigenvalue weighted by atomic mass is 17.0. The fraction of sp³-hybridized carbons (Fsp3) is 0.956. The Bertz CT molecular complexity index is 798. The van der Waals surface area contributed by atoms with Gasteiger partial charge in [-0.15, -0.1) is 5.06 Å². The number of piperidine rings is 1. The topological polar surface area (TPSA) is 122 Å². The van der Waals surface area contributed by atoms with E-state index in [0.717, 1.165) is 50.2 Å². The second-order valence-electron chi connectivity index (χ2n) is 13.9. The van der Waals surface area contributed by atoms with Gasteiger partial charge in [0.05, 0.1) is 0 Å². The summed E-state index contributed by atoms with van der Waals surface area (Å²) in [5, 5.41) is 11.0. The zero-order valence-electron chi connectivity index (χ0n) is 38.8. The number of ether oxygens (including phenoxy) is 6. The molecule has 1 N–H and O–H groups in total. The minimum atomic E-state index is -1.05. The summed E-state index contributed by atoms with van der Waals surface area (Å²) in [5.41, 5.74) is 0.325. The van der Waals surface area contributed by atoms with Crippen molar-refractivity contribution in [3.8, 4) is 0 Å². The first-order valence-electron chi connectivity index (χ1n) is 23.1. The van der Waals surface area contributed by atoms with E-state index in [9.17, 15) is 14.7 Å². The van der Waals surface area contributed by atoms with Crippen molar-refractivity contribution in [2.75, 3.05) is 20.3 Å². The molecule has 0 radical (unpaired) electrons. The third kappa shape index (κ3) is 24.7. The summed E-state index contributed by atoms with van der Waals surface area (Å²) in [6.07, 6.45) is 22.4. The van der Waals surface area contributed by atoms with Crippen LogP contribution in [0.25, 0.3) is 0 Å². The zero-order chi connectivity index (χ0) is 43.0. The van der Waals surface area contributed by atoms with E-state index in [1.54, 1.807) is 0 Å². The summed E-state index contributed by atoms with van der Waals surface area (Å²) in [6, 6.07) is 0. The smallest absolute Gasteiger partial charge is 0.294 e. The number of nitrogens with zero attached hydrogens (tertiary/aromatic N) is 1. The molecule has 7 unspecified atom stereocenters. The maximum Gasteiger partial charge on any atom is 0.294 e. The lowest BCUT2D eigenvalue weighted by molar-refractivity contribution is -0.565. The molecule has 4 bridgehead atoms. The molecule has 56 heavy (non-hydrogen) atoms. The van der Waals surface area contributed by atoms with E-state index in [-0.39, 0.29) is 12.8 Å². The molecule has 0 aromatic rings. The second-order valence-corrected chi connectivity index (χ2v) is 13.9. The highest BCUT2D eigenvalue weighted by Crippen LogP contribution is 2.40. The lowest BCUT2D eigenvalue weighted by Crippen LogP contribution is -2.77. The van der Waals surface area contributed by atoms with Crippen LogP contribution in [0.3, 0.4) is 0 Å². The predicted molar refractivity (Wildman–Crippen MR) is 229 cm³/mol. The van der Waals surface area contributed by atoms with Gasteiger partial charge in [0.25, 0.3) is 12.9 Å². The molecular weight excluding hydrogens is 714 g/mol. The van der Waals surface area contributed by atoms with Gasteiger partial charge in [-0.25, -0.2) is 4.84 Å². The zero-order valence-corrected chi connectivity index (χ0v) is 38.8. The van der Waals surface area contributed by atoms with Crippen LogP contribution >= 0.6 is 0 Å². The van der Waals surface area contributed by atoms with Crippen LogP contribution in [0.2, 0.25) is 0 Å². The SMILES string of the molecule is CC.CC.CC.CCCC(CC)(CC=O)CCC.CCCCCCCCOC(CCC)OCCCCCCCC.COC1C2OC3OC1C(OC=O)N(O3)C2O. The average Bonchev–Trinajstić information content (AvgIpc) is 3.23. The number of hydrogen-bond acceptors (Lipinski definition) is 11. The number of methoxy groups -OCH3 is 1. The predicted octanol–water partition coefficient (Wildman–Crippen LogP) is 11.7. The van der Waals surface area contributed by atoms with E-state index in [4.69, 9.17) is 33.3 Å². The van der Waals surface area contributed by atoms with Crippen LogP contribution in [0.4, 0.5) is 0 Å². The largest absolute Gasteiger partial charge is 0.443 e. The number of hydrogen-bond donors (Lipinski definition) is 1. The molecule has 0 aliphatic carbocycles. The summed E-state index contributed by atoms with van der Waals surface area (Å²) in [5.74, 6) is 0. The van der Waals surface area contributed by atoms with E-state index in [0.29, 0.717) is 5.41 Å². The third-order valence-electron chi connectivity index (χ3n) is 9.90. The third-order valence-corrected chi connectivity index (χ3v) is 9.90. The van der Waals surface area contributed by atoms with E-state index in [2.05, 4.69) is 41.5 Å². The monoisotopic (exact) mass is 808 g/mol. The van der Waals surface area contributed by atoms with Crippen molar-refractivity contribution in [2.45, 2.75) is 255 Å². The van der Waals surface area contributed by atoms with Crippen molar-refractivity contribution in [2.24, 2.45) is 5.41 Å². The fourth-order valence-electron chi connectivity index (χ4n) is 6.98. The molecule has 4 rings (SSSR count). The van der Waals surface area contributed by atoms with Gasteiger partial charge in [-0.1, -0.05) is 173 Å². The van der Waals surface area contributed by atoms with Gasteiger partial charge in [-0.2, -0.15) is 0 Å². The Balaban J connectivity index is -0.000000728. The highest BCUT2D eigenvalue weighted by molar-refractivity contribution is 5.50. The van der Waals surface area contributed by atoms with E-state index >= 15 is 0 Å². The number of hydroxylamine groups is 2. The normalized spacial score (nSPS) is 22.7. The van der Waals surface area contributed by atoms with Gasteiger partial charge in [0, 0.05) is 26.7 Å². The molecule has 4 aliphatic heterocycles. The number of rotatable bonds is 28. The van der Waals surface area contributed by atoms with Gasteiger partial charge in [0.2, 0.25) is 6.23 Å². The van der Waals surface area contributed by atoms with Crippen LogP contribution in [0.5, 0.6) is 0 Å². The molecule has 4 aliphatic rings. The Morgan fingerprint density at radius 1 is 0.679 bits per heavy atom. The quantitative estimate of drug-likeness (QED) is 0.0462. The van der Waals surface area contributed by atoms with Crippen molar-refractivity contribution >= 4 is 12.8 Å². The number of aldehydes is 1. The Morgan fingerprint density at radius 2 is 1.16 bits per heavy atom. The first kappa shape index (κ1) is 59.1. The van der Waals surface area contributed by atoms with E-state index in [1.807, 2.05) is 41.5 Å². The minimum Gasteiger partial charge on any atom is -0.443 e. The standard InChI is InChI=1S/C20H42O2.C11H22O.C8H11NO7.3C2H6/c1-4-7-9-11-13-15-18-21-20(17-6-3)22-19-16-14-12-10-8-5-2;1-4-7-11(6-3,8-5-2)9-10-12;1-12-3-4-6(11)9-7(13-2-10)5(3)15-8(14-4)16-9;3*1-2/h20H,4-19H2,1-3H3;10H,4-9H2,1-3H3;2-8,11H,1H3;3*1-2H3. The van der Waals surface area contributed by atoms with Crippen molar-refractivity contribution in [1.29, 1.82) is 0 Å². The van der Waals surface area contributed by atoms with Crippen LogP contribution < -0.4 is 0 Å². The van der Waals surface area contributed by atoms with Crippen molar-refractivity contribution < 1.29 is 48.0 Å². The summed E-state index contributed by atoms with van der Waals surface area (Å²) >= 11 is 0. The van der Waals surface area contributed by atoms with E-state index in [1.165, 1.54) is 110 Å². The number of aliphatic hydroxyl groups is 1. The highest BCUT2D eigenvalue weighted by Gasteiger charge is 2.62. The summed E-state index contributed by atoms with van der Waals surface area (Å²) in [6.45, 7) is 26.5. The van der Waals surface area contributed by atoms with Gasteiger partial charge < -0.3 is 38.3 Å². The molecule has 11 nitrogen and oxygen atoms in total. The molecule has 0 spiro atoms. The molecule has 4 heterocycles. The molecule has 0 amide bonds. The van der Waals surface area contributed by atoms with Gasteiger partial charge in [0.15, 0.2) is 12.5 Å². The first-order chi connectivity index (χ1) is 27.3. The second kappa shape index (κ2) is 42.0. The summed E-state index contributed by atoms with van der Waals surface area (Å²) in [4.78, 5) is 26.0. The van der Waals surface area contributed by atoms with Crippen LogP contribution in [-0.4, -0.2) is 86.8 Å². The lowest BCUT2D eigenvalue weighted by atomic mass is 9.75. The van der Waals surface area contributed by atoms with Crippen LogP contribution in [0.15, 0.2) is 0 Å². The fourth-order valence-corrected chi connectivity index (χ4v) is 6.98. The van der Waals surface area contributed by atoms with Crippen molar-refractivity contribution in [3.05, 3.63) is 0 Å². The van der Waals surface area contributed by atoms with E-state index < -0.39 is 37.2 Å². The molecule has 0 aromatic heterocycles. The number of carbonyl (C=O) groups excluding carboxylic acids is 2. The Kier molecular flexibility index (Phi) is 44.3. The molecule has 0 aromatic carbocycles. The number of unbranched alkanes of at least 4 members (excludes halogenated alkanes) is 10. The lowest BCUT2D eigenvalue weighted by Gasteiger charge is -2.57. The Hall–Kier alpha value is -1.18. The summed E-state index contributed by atoms with van der Waals surface area (Å²) in [7, 11) is 1.47. The minimum absolute atomic E-state index is 0.0382. The molecule has 0 saturated carbocycles. The van der Waals surface area contributed by atoms with Crippen molar-refractivity contribution in [1.82, 2.24) is 5.06 Å². The van der Waals surface area contributed by atoms with Crippen LogP contribution in [0.1, 0.15) is 212 Å². The van der Waals surface area contributed by atoms with Gasteiger partial charge >= 0.3 is 0 Å². The number of carbonyl (C=O) groups is 2. The van der Waals surface area contributed by atoms with Crippen LogP contribution in [0, 0.1) is 5.41 Å². The Labute approximate surface area is 345 Å². The van der Waals surface area contributed by atoms with Gasteiger partial charge in [0.1, 0.15) is 24.6 Å². The van der Waals surface area contributed by atoms with Gasteiger partial charge in [-0.3, -0.25) is 4.79 Å². The first-order valence-corrected chi connectivity index (χ1v) is 23.1. The maximum atomic E-state index is 10.5. The maximum absolute atomic E-state index is 10.5. The molecule has 4 saturated heterocycles.